The zero-order valence-electron chi connectivity index (χ0n) is 23.0. The molecule has 6 rings (SSSR count). The Balaban J connectivity index is 0.000000374. The lowest BCUT2D eigenvalue weighted by molar-refractivity contribution is 0.0927. The molecule has 38 heavy (non-hydrogen) atoms. The first-order valence-electron chi connectivity index (χ1n) is 14.3. The maximum Gasteiger partial charge on any atom is 0.254 e. The molecular weight excluding hydrogens is 472 g/mol. The van der Waals surface area contributed by atoms with E-state index in [1.165, 1.54) is 44.5 Å². The quantitative estimate of drug-likeness (QED) is 0.340. The highest BCUT2D eigenvalue weighted by molar-refractivity contribution is 5.94. The molecule has 0 aliphatic heterocycles. The lowest BCUT2D eigenvalue weighted by Gasteiger charge is -2.22. The molecule has 3 aromatic heterocycles. The van der Waals surface area contributed by atoms with Crippen molar-refractivity contribution >= 4 is 22.6 Å². The van der Waals surface area contributed by atoms with Gasteiger partial charge in [0.25, 0.3) is 5.91 Å². The molecule has 2 fully saturated rings. The van der Waals surface area contributed by atoms with Crippen molar-refractivity contribution in [3.8, 4) is 0 Å². The fourth-order valence-electron chi connectivity index (χ4n) is 5.72. The third kappa shape index (κ3) is 5.44. The minimum absolute atomic E-state index is 0.0393. The summed E-state index contributed by atoms with van der Waals surface area (Å²) in [4.78, 5) is 28.7. The van der Waals surface area contributed by atoms with E-state index in [-0.39, 0.29) is 17.4 Å². The van der Waals surface area contributed by atoms with E-state index < -0.39 is 0 Å². The number of rotatable bonds is 7. The summed E-state index contributed by atoms with van der Waals surface area (Å²) >= 11 is 0. The van der Waals surface area contributed by atoms with Gasteiger partial charge >= 0.3 is 0 Å². The fourth-order valence-corrected chi connectivity index (χ4v) is 5.72. The van der Waals surface area contributed by atoms with Crippen LogP contribution in [0, 0.1) is 0 Å². The average Bonchev–Trinajstić information content (AvgIpc) is 3.66. The van der Waals surface area contributed by atoms with Crippen molar-refractivity contribution in [1.82, 2.24) is 29.6 Å². The van der Waals surface area contributed by atoms with Crippen molar-refractivity contribution in [2.45, 2.75) is 77.2 Å². The summed E-state index contributed by atoms with van der Waals surface area (Å²) in [6.45, 7) is 10.1. The van der Waals surface area contributed by atoms with Gasteiger partial charge in [-0.2, -0.15) is 0 Å². The Hall–Kier alpha value is -3.32. The number of nitrogens with zero attached hydrogens (tertiary/aromatic N) is 5. The Morgan fingerprint density at radius 1 is 1.00 bits per heavy atom. The van der Waals surface area contributed by atoms with E-state index >= 15 is 0 Å². The molecule has 2 aliphatic carbocycles. The van der Waals surface area contributed by atoms with Crippen LogP contribution in [0.1, 0.15) is 87.3 Å². The van der Waals surface area contributed by atoms with E-state index in [9.17, 15) is 4.79 Å². The highest BCUT2D eigenvalue weighted by atomic mass is 16.1. The predicted molar refractivity (Wildman–Crippen MR) is 153 cm³/mol. The number of imidazole rings is 1. The number of pyridine rings is 1. The normalized spacial score (nSPS) is 16.8. The van der Waals surface area contributed by atoms with E-state index in [4.69, 9.17) is 0 Å². The van der Waals surface area contributed by atoms with Crippen LogP contribution in [0.3, 0.4) is 0 Å². The summed E-state index contributed by atoms with van der Waals surface area (Å²) in [6.07, 6.45) is 15.2. The van der Waals surface area contributed by atoms with Gasteiger partial charge in [-0.25, -0.2) is 9.97 Å². The first kappa shape index (κ1) is 26.3. The monoisotopic (exact) mass is 512 g/mol. The van der Waals surface area contributed by atoms with E-state index in [0.717, 1.165) is 42.3 Å². The number of carbonyl (C=O) groups excluding carboxylic acids is 1. The van der Waals surface area contributed by atoms with Gasteiger partial charge in [0.15, 0.2) is 0 Å². The van der Waals surface area contributed by atoms with Crippen LogP contribution in [0.25, 0.3) is 16.7 Å². The van der Waals surface area contributed by atoms with E-state index in [1.807, 2.05) is 29.1 Å². The molecular formula is C31H40N6O. The molecule has 2 aliphatic rings. The third-order valence-corrected chi connectivity index (χ3v) is 8.30. The largest absolute Gasteiger partial charge is 0.349 e. The summed E-state index contributed by atoms with van der Waals surface area (Å²) in [7, 11) is 0. The highest BCUT2D eigenvalue weighted by Crippen LogP contribution is 2.53. The minimum atomic E-state index is -0.0798. The van der Waals surface area contributed by atoms with Gasteiger partial charge in [-0.15, -0.1) is 0 Å². The molecule has 0 unspecified atom stereocenters. The van der Waals surface area contributed by atoms with Crippen molar-refractivity contribution in [2.75, 3.05) is 19.6 Å². The second kappa shape index (κ2) is 11.6. The molecule has 0 bridgehead atoms. The maximum absolute atomic E-state index is 12.9. The molecule has 1 amide bonds. The van der Waals surface area contributed by atoms with E-state index in [2.05, 4.69) is 70.2 Å². The maximum atomic E-state index is 12.9. The van der Waals surface area contributed by atoms with Gasteiger partial charge in [-0.05, 0) is 69.1 Å². The van der Waals surface area contributed by atoms with Crippen molar-refractivity contribution < 1.29 is 4.79 Å². The zero-order chi connectivity index (χ0) is 26.5. The number of aromatic nitrogens is 4. The topological polar surface area (TPSA) is 75.4 Å². The molecule has 2 saturated carbocycles. The summed E-state index contributed by atoms with van der Waals surface area (Å²) in [5.41, 5.74) is 3.89. The van der Waals surface area contributed by atoms with Gasteiger partial charge < -0.3 is 10.2 Å². The molecule has 3 heterocycles. The van der Waals surface area contributed by atoms with Crippen molar-refractivity contribution in [3.05, 3.63) is 71.9 Å². The molecule has 7 heteroatoms. The summed E-state index contributed by atoms with van der Waals surface area (Å²) in [6, 6.07) is 10.9. The van der Waals surface area contributed by atoms with Gasteiger partial charge in [-0.3, -0.25) is 14.2 Å². The van der Waals surface area contributed by atoms with Crippen LogP contribution in [0.5, 0.6) is 0 Å². The standard InChI is InChI=1S/C25H25N5O.C6H15N/c31-23(29-20-6-2-1-3-7-20)18-14-27-24-28-15-22(30(24)16-18)25(10-11-25)19-8-9-21-17(13-19)5-4-12-26-21;1-4-7(5-2)6-3/h4-5,8-9,12-16,20H,1-3,6-7,10-11H2,(H,29,31);4-6H2,1-3H3. The summed E-state index contributed by atoms with van der Waals surface area (Å²) in [5, 5.41) is 4.34. The van der Waals surface area contributed by atoms with E-state index in [0.29, 0.717) is 11.3 Å². The lowest BCUT2D eigenvalue weighted by Crippen LogP contribution is -2.36. The predicted octanol–water partition coefficient (Wildman–Crippen LogP) is 5.77. The van der Waals surface area contributed by atoms with Gasteiger partial charge in [-0.1, -0.05) is 52.2 Å². The smallest absolute Gasteiger partial charge is 0.254 e. The fraction of sp³-hybridized carbons (Fsp3) is 0.484. The lowest BCUT2D eigenvalue weighted by atomic mass is 9.91. The Bertz CT molecular complexity index is 1380. The number of fused-ring (bicyclic) bond motifs is 2. The molecule has 200 valence electrons. The van der Waals surface area contributed by atoms with Gasteiger partial charge in [0, 0.05) is 35.4 Å². The Kier molecular flexibility index (Phi) is 8.03. The molecule has 1 aromatic carbocycles. The van der Waals surface area contributed by atoms with Crippen LogP contribution in [0.4, 0.5) is 0 Å². The highest BCUT2D eigenvalue weighted by Gasteiger charge is 2.48. The molecule has 0 spiro atoms. The third-order valence-electron chi connectivity index (χ3n) is 8.30. The second-order valence-corrected chi connectivity index (χ2v) is 10.6. The number of amides is 1. The molecule has 1 N–H and O–H groups in total. The first-order valence-corrected chi connectivity index (χ1v) is 14.3. The van der Waals surface area contributed by atoms with Crippen molar-refractivity contribution in [1.29, 1.82) is 0 Å². The summed E-state index contributed by atoms with van der Waals surface area (Å²) in [5.74, 6) is 0.598. The number of hydrogen-bond acceptors (Lipinski definition) is 5. The van der Waals surface area contributed by atoms with Crippen molar-refractivity contribution in [2.24, 2.45) is 0 Å². The molecule has 0 radical (unpaired) electrons. The second-order valence-electron chi connectivity index (χ2n) is 10.6. The average molecular weight is 513 g/mol. The molecule has 0 saturated heterocycles. The number of carbonyl (C=O) groups is 1. The Morgan fingerprint density at radius 3 is 2.42 bits per heavy atom. The molecule has 4 aromatic rings. The molecule has 7 nitrogen and oxygen atoms in total. The van der Waals surface area contributed by atoms with Crippen LogP contribution in [0.2, 0.25) is 0 Å². The van der Waals surface area contributed by atoms with Gasteiger partial charge in [0.05, 0.1) is 23.0 Å². The van der Waals surface area contributed by atoms with E-state index in [1.54, 1.807) is 6.20 Å². The van der Waals surface area contributed by atoms with Crippen molar-refractivity contribution in [3.63, 3.8) is 0 Å². The first-order chi connectivity index (χ1) is 18.6. The minimum Gasteiger partial charge on any atom is -0.349 e. The van der Waals surface area contributed by atoms with Crippen LogP contribution < -0.4 is 5.32 Å². The Morgan fingerprint density at radius 2 is 1.74 bits per heavy atom. The van der Waals surface area contributed by atoms with Crippen LogP contribution in [-0.4, -0.2) is 55.8 Å². The number of benzene rings is 1. The Labute approximate surface area is 225 Å². The van der Waals surface area contributed by atoms with Gasteiger partial charge in [0.1, 0.15) is 0 Å². The van der Waals surface area contributed by atoms with Crippen LogP contribution >= 0.6 is 0 Å². The zero-order valence-corrected chi connectivity index (χ0v) is 23.0. The SMILES string of the molecule is CCN(CC)CC.O=C(NC1CCCCC1)c1cnc2ncc(C3(c4ccc5ncccc5c4)CC3)n2c1. The van der Waals surface area contributed by atoms with Crippen LogP contribution in [0.15, 0.2) is 55.1 Å². The van der Waals surface area contributed by atoms with Gasteiger partial charge in [0.2, 0.25) is 5.78 Å². The number of nitrogens with one attached hydrogen (secondary N) is 1. The molecule has 0 atom stereocenters. The summed E-state index contributed by atoms with van der Waals surface area (Å²) < 4.78 is 2.01. The van der Waals surface area contributed by atoms with Crippen LogP contribution in [-0.2, 0) is 5.41 Å². The number of hydrogen-bond donors (Lipinski definition) is 1.